The first kappa shape index (κ1) is 57.8. The van der Waals surface area contributed by atoms with Gasteiger partial charge in [0.2, 0.25) is 0 Å². The van der Waals surface area contributed by atoms with Crippen LogP contribution >= 0.6 is 7.82 Å². The zero-order valence-electron chi connectivity index (χ0n) is 38.3. The molecule has 0 spiro atoms. The molecule has 12 atom stereocenters. The van der Waals surface area contributed by atoms with Crippen molar-refractivity contribution in [1.29, 1.82) is 0 Å². The first-order chi connectivity index (χ1) is 30.6. The zero-order chi connectivity index (χ0) is 47.3. The van der Waals surface area contributed by atoms with Gasteiger partial charge in [-0.3, -0.25) is 23.4 Å². The molecule has 1 aliphatic heterocycles. The third-order valence-corrected chi connectivity index (χ3v) is 12.8. The standard InChI is InChI=1S/C47H81O16P/c1-3-5-7-8-9-10-11-12-13-14-15-16-17-18-24-28-41(52)62-35-32-60-40(51)27-23-20-19-22-26-36-38(49)31-39(50)37(30-29-34(48)25-21-6-4-2)43(54)45(56)47(46(57)44(55)42(36)53)63-64(58,59)61-33-35/h9-10,12-13,29-30,34-37,39,42-48,50,53-57H,3-8,11,14-28,31-33H2,1-2H3,(H,58,59)/b10-9-,13-12-,30-29+/t34-,35+,36-,37-,39+,42+,43+,44-,45+,46+,47+/m0/s1. The monoisotopic (exact) mass is 933 g/mol. The fraction of sp³-hybridized carbons (Fsp3) is 0.809. The summed E-state index contributed by atoms with van der Waals surface area (Å²) in [5.41, 5.74) is 0. The summed E-state index contributed by atoms with van der Waals surface area (Å²) in [5.74, 6) is -4.91. The smallest absolute Gasteiger partial charge is 0.462 e. The zero-order valence-corrected chi connectivity index (χ0v) is 39.2. The van der Waals surface area contributed by atoms with Gasteiger partial charge in [0, 0.05) is 31.1 Å². The lowest BCUT2D eigenvalue weighted by molar-refractivity contribution is -0.166. The lowest BCUT2D eigenvalue weighted by Crippen LogP contribution is -2.55. The molecule has 17 heteroatoms. The number of ether oxygens (including phenoxy) is 2. The Morgan fingerprint density at radius 2 is 1.39 bits per heavy atom. The number of aliphatic hydroxyl groups is 7. The Balaban J connectivity index is 2.21. The molecule has 1 heterocycles. The number of hydrogen-bond acceptors (Lipinski definition) is 15. The molecule has 2 fully saturated rings. The number of carbonyl (C=O) groups is 3. The van der Waals surface area contributed by atoms with E-state index in [0.29, 0.717) is 44.9 Å². The van der Waals surface area contributed by atoms with Crippen LogP contribution in [-0.4, -0.2) is 127 Å². The van der Waals surface area contributed by atoms with E-state index in [2.05, 4.69) is 31.2 Å². The second kappa shape index (κ2) is 33.2. The van der Waals surface area contributed by atoms with E-state index in [1.165, 1.54) is 31.4 Å². The number of ketones is 1. The van der Waals surface area contributed by atoms with Crippen LogP contribution in [0.15, 0.2) is 36.5 Å². The van der Waals surface area contributed by atoms with Gasteiger partial charge in [0.25, 0.3) is 0 Å². The molecule has 2 aliphatic rings. The van der Waals surface area contributed by atoms with E-state index in [0.717, 1.165) is 57.8 Å². The Morgan fingerprint density at radius 3 is 2.09 bits per heavy atom. The van der Waals surface area contributed by atoms with Crippen molar-refractivity contribution in [2.45, 2.75) is 216 Å². The molecule has 1 saturated heterocycles. The van der Waals surface area contributed by atoms with Gasteiger partial charge in [-0.2, -0.15) is 0 Å². The van der Waals surface area contributed by atoms with Crippen LogP contribution in [0.5, 0.6) is 0 Å². The Kier molecular flexibility index (Phi) is 30.0. The highest BCUT2D eigenvalue weighted by Gasteiger charge is 2.49. The van der Waals surface area contributed by atoms with E-state index in [-0.39, 0.29) is 19.3 Å². The van der Waals surface area contributed by atoms with Crippen LogP contribution in [0.25, 0.3) is 0 Å². The molecule has 1 unspecified atom stereocenters. The highest BCUT2D eigenvalue weighted by molar-refractivity contribution is 7.47. The second-order valence-corrected chi connectivity index (χ2v) is 18.8. The molecule has 2 bridgehead atoms. The molecule has 64 heavy (non-hydrogen) atoms. The number of phosphoric acid groups is 1. The first-order valence-electron chi connectivity index (χ1n) is 23.9. The number of aliphatic hydroxyl groups excluding tert-OH is 7. The summed E-state index contributed by atoms with van der Waals surface area (Å²) >= 11 is 0. The van der Waals surface area contributed by atoms with Crippen LogP contribution in [0, 0.1) is 11.8 Å². The molecule has 370 valence electrons. The van der Waals surface area contributed by atoms with Crippen LogP contribution in [0.4, 0.5) is 0 Å². The molecule has 2 rings (SSSR count). The van der Waals surface area contributed by atoms with Gasteiger partial charge in [0.15, 0.2) is 6.10 Å². The molecule has 0 aromatic carbocycles. The number of fused-ring (bicyclic) bond motifs is 4. The van der Waals surface area contributed by atoms with Gasteiger partial charge in [-0.05, 0) is 57.8 Å². The molecule has 1 saturated carbocycles. The Morgan fingerprint density at radius 1 is 0.766 bits per heavy atom. The highest BCUT2D eigenvalue weighted by atomic mass is 31.2. The predicted molar refractivity (Wildman–Crippen MR) is 240 cm³/mol. The molecule has 0 radical (unpaired) electrons. The molecule has 0 aromatic heterocycles. The fourth-order valence-corrected chi connectivity index (χ4v) is 8.85. The highest BCUT2D eigenvalue weighted by Crippen LogP contribution is 2.47. The topological polar surface area (TPSA) is 267 Å². The Labute approximate surface area is 380 Å². The van der Waals surface area contributed by atoms with Crippen molar-refractivity contribution in [3.8, 4) is 0 Å². The first-order valence-corrected chi connectivity index (χ1v) is 25.4. The number of hydrogen-bond donors (Lipinski definition) is 8. The predicted octanol–water partition coefficient (Wildman–Crippen LogP) is 5.98. The van der Waals surface area contributed by atoms with E-state index in [1.54, 1.807) is 0 Å². The third-order valence-electron chi connectivity index (χ3n) is 11.8. The summed E-state index contributed by atoms with van der Waals surface area (Å²) in [6.07, 6.45) is 8.13. The number of carbonyl (C=O) groups excluding carboxylic acids is 3. The Hall–Kier alpha value is -2.34. The average Bonchev–Trinajstić information content (AvgIpc) is 3.26. The molecule has 0 amide bonds. The van der Waals surface area contributed by atoms with Gasteiger partial charge in [0.1, 0.15) is 36.8 Å². The minimum atomic E-state index is -5.45. The molecular formula is C47H81O16P. The third kappa shape index (κ3) is 23.4. The number of phosphoric ester groups is 1. The molecule has 8 N–H and O–H groups in total. The maximum absolute atomic E-state index is 13.6. The lowest BCUT2D eigenvalue weighted by atomic mass is 9.83. The van der Waals surface area contributed by atoms with Crippen LogP contribution < -0.4 is 0 Å². The summed E-state index contributed by atoms with van der Waals surface area (Å²) in [6, 6.07) is 0. The quantitative estimate of drug-likeness (QED) is 0.0285. The van der Waals surface area contributed by atoms with Crippen molar-refractivity contribution in [3.63, 3.8) is 0 Å². The number of unbranched alkanes of at least 4 members (excludes halogenated alkanes) is 10. The number of rotatable bonds is 21. The number of cyclic esters (lactones) is 1. The van der Waals surface area contributed by atoms with Crippen molar-refractivity contribution in [1.82, 2.24) is 0 Å². The van der Waals surface area contributed by atoms with E-state index < -0.39 is 112 Å². The minimum Gasteiger partial charge on any atom is -0.462 e. The van der Waals surface area contributed by atoms with Gasteiger partial charge in [-0.1, -0.05) is 121 Å². The SMILES string of the molecule is CCCCC/C=C\C/C=C\CCCCCCCC(=O)O[C@@H]1COC(=O)CCCCCC[C@H]2C(=O)C[C@@H](O)[C@H](/C=C/[C@@H](O)CCCCC)[C@@H](O)[C@@H](O)[C@@H](OP(=O)(O)OC1)[C@H](O)[C@@H](O)[C@@H]2O. The summed E-state index contributed by atoms with van der Waals surface area (Å²) in [4.78, 5) is 50.1. The maximum Gasteiger partial charge on any atom is 0.472 e. The number of allylic oxidation sites excluding steroid dienone is 4. The maximum atomic E-state index is 13.6. The van der Waals surface area contributed by atoms with E-state index in [4.69, 9.17) is 18.5 Å². The van der Waals surface area contributed by atoms with Gasteiger partial charge < -0.3 is 50.1 Å². The summed E-state index contributed by atoms with van der Waals surface area (Å²) < 4.78 is 34.7. The Bertz CT molecular complexity index is 1440. The van der Waals surface area contributed by atoms with E-state index >= 15 is 0 Å². The van der Waals surface area contributed by atoms with Crippen LogP contribution in [-0.2, 0) is 37.5 Å². The summed E-state index contributed by atoms with van der Waals surface area (Å²) in [7, 11) is -5.45. The van der Waals surface area contributed by atoms with Crippen molar-refractivity contribution in [3.05, 3.63) is 36.5 Å². The van der Waals surface area contributed by atoms with Crippen LogP contribution in [0.2, 0.25) is 0 Å². The van der Waals surface area contributed by atoms with Crippen molar-refractivity contribution in [2.75, 3.05) is 13.2 Å². The molecule has 16 nitrogen and oxygen atoms in total. The number of esters is 2. The normalized spacial score (nSPS) is 31.7. The van der Waals surface area contributed by atoms with Crippen molar-refractivity contribution < 1.29 is 78.1 Å². The van der Waals surface area contributed by atoms with Gasteiger partial charge >= 0.3 is 19.8 Å². The van der Waals surface area contributed by atoms with Crippen molar-refractivity contribution in [2.24, 2.45) is 11.8 Å². The lowest BCUT2D eigenvalue weighted by Gasteiger charge is -2.36. The van der Waals surface area contributed by atoms with E-state index in [1.807, 2.05) is 6.92 Å². The second-order valence-electron chi connectivity index (χ2n) is 17.4. The summed E-state index contributed by atoms with van der Waals surface area (Å²) in [5, 5.41) is 78.6. The van der Waals surface area contributed by atoms with Gasteiger partial charge in [-0.15, -0.1) is 0 Å². The van der Waals surface area contributed by atoms with Gasteiger partial charge in [-0.25, -0.2) is 4.57 Å². The summed E-state index contributed by atoms with van der Waals surface area (Å²) in [6.45, 7) is 2.78. The average molecular weight is 933 g/mol. The molecule has 0 aromatic rings. The molecule has 1 aliphatic carbocycles. The number of Topliss-reactive ketones (excluding diaryl/α,β-unsaturated/α-hetero) is 1. The fourth-order valence-electron chi connectivity index (χ4n) is 7.87. The minimum absolute atomic E-state index is 0.0126. The molecular weight excluding hydrogens is 851 g/mol. The van der Waals surface area contributed by atoms with E-state index in [9.17, 15) is 59.6 Å². The van der Waals surface area contributed by atoms with Crippen molar-refractivity contribution >= 4 is 25.5 Å². The van der Waals surface area contributed by atoms with Crippen LogP contribution in [0.1, 0.15) is 162 Å². The van der Waals surface area contributed by atoms with Gasteiger partial charge in [0.05, 0.1) is 31.0 Å². The largest absolute Gasteiger partial charge is 0.472 e. The van der Waals surface area contributed by atoms with Crippen LogP contribution in [0.3, 0.4) is 0 Å².